The standard InChI is InChI=1S/C29H35N7/c1-5-36-21-25(28(33-36)23-7-6-15-30-20-23)26-12-16-31-27(32-26)19-22-8-10-24(11-9-22)35-17-13-29(2,14-18-35)34(3)4/h6-12,15-16,20-21H,5,13-14,17-19H2,1-4H3. The van der Waals surface area contributed by atoms with Crippen molar-refractivity contribution in [2.45, 2.75) is 45.2 Å². The Morgan fingerprint density at radius 2 is 1.78 bits per heavy atom. The molecule has 5 rings (SSSR count). The molecule has 0 bridgehead atoms. The van der Waals surface area contributed by atoms with Gasteiger partial charge in [0.25, 0.3) is 0 Å². The highest BCUT2D eigenvalue weighted by atomic mass is 15.3. The fourth-order valence-corrected chi connectivity index (χ4v) is 4.82. The van der Waals surface area contributed by atoms with Crippen molar-refractivity contribution in [3.63, 3.8) is 0 Å². The van der Waals surface area contributed by atoms with Crippen molar-refractivity contribution in [3.05, 3.63) is 78.6 Å². The molecule has 0 aliphatic carbocycles. The van der Waals surface area contributed by atoms with E-state index in [1.54, 1.807) is 6.20 Å². The van der Waals surface area contributed by atoms with Crippen LogP contribution in [0, 0.1) is 0 Å². The van der Waals surface area contributed by atoms with Crippen LogP contribution in [0.15, 0.2) is 67.3 Å². The van der Waals surface area contributed by atoms with Crippen LogP contribution >= 0.6 is 0 Å². The third-order valence-corrected chi connectivity index (χ3v) is 7.59. The molecule has 0 N–H and O–H groups in total. The summed E-state index contributed by atoms with van der Waals surface area (Å²) in [4.78, 5) is 18.6. The molecule has 0 amide bonds. The number of nitrogens with zero attached hydrogens (tertiary/aromatic N) is 7. The Bertz CT molecular complexity index is 1290. The molecule has 4 heterocycles. The second kappa shape index (κ2) is 10.2. The molecule has 7 heteroatoms. The molecule has 0 spiro atoms. The number of aromatic nitrogens is 5. The van der Waals surface area contributed by atoms with Crippen molar-refractivity contribution in [2.24, 2.45) is 0 Å². The van der Waals surface area contributed by atoms with E-state index in [4.69, 9.17) is 10.1 Å². The summed E-state index contributed by atoms with van der Waals surface area (Å²) in [5.74, 6) is 0.807. The van der Waals surface area contributed by atoms with Crippen molar-refractivity contribution in [1.82, 2.24) is 29.6 Å². The maximum Gasteiger partial charge on any atom is 0.133 e. The van der Waals surface area contributed by atoms with Crippen LogP contribution in [0.1, 0.15) is 38.1 Å². The summed E-state index contributed by atoms with van der Waals surface area (Å²) in [6, 6.07) is 14.8. The van der Waals surface area contributed by atoms with Crippen molar-refractivity contribution in [3.8, 4) is 22.5 Å². The van der Waals surface area contributed by atoms with Gasteiger partial charge in [-0.3, -0.25) is 9.67 Å². The van der Waals surface area contributed by atoms with E-state index in [-0.39, 0.29) is 0 Å². The smallest absolute Gasteiger partial charge is 0.133 e. The fraction of sp³-hybridized carbons (Fsp3) is 0.379. The van der Waals surface area contributed by atoms with Gasteiger partial charge in [-0.25, -0.2) is 9.97 Å². The van der Waals surface area contributed by atoms with Gasteiger partial charge in [-0.1, -0.05) is 12.1 Å². The van der Waals surface area contributed by atoms with Crippen LogP contribution in [0.25, 0.3) is 22.5 Å². The average Bonchev–Trinajstić information content (AvgIpc) is 3.35. The minimum Gasteiger partial charge on any atom is -0.371 e. The van der Waals surface area contributed by atoms with Gasteiger partial charge in [0.05, 0.1) is 5.69 Å². The lowest BCUT2D eigenvalue weighted by Gasteiger charge is -2.44. The highest BCUT2D eigenvalue weighted by molar-refractivity contribution is 5.78. The van der Waals surface area contributed by atoms with Crippen molar-refractivity contribution >= 4 is 5.69 Å². The van der Waals surface area contributed by atoms with Gasteiger partial charge in [-0.15, -0.1) is 0 Å². The molecule has 0 unspecified atom stereocenters. The fourth-order valence-electron chi connectivity index (χ4n) is 4.82. The molecule has 0 radical (unpaired) electrons. The van der Waals surface area contributed by atoms with E-state index in [0.29, 0.717) is 12.0 Å². The largest absolute Gasteiger partial charge is 0.371 e. The van der Waals surface area contributed by atoms with E-state index in [0.717, 1.165) is 48.0 Å². The van der Waals surface area contributed by atoms with Gasteiger partial charge >= 0.3 is 0 Å². The maximum absolute atomic E-state index is 4.92. The van der Waals surface area contributed by atoms with Crippen LogP contribution in [-0.2, 0) is 13.0 Å². The minimum atomic E-state index is 0.295. The Balaban J connectivity index is 1.32. The number of pyridine rings is 1. The van der Waals surface area contributed by atoms with E-state index in [2.05, 4.69) is 78.2 Å². The van der Waals surface area contributed by atoms with Gasteiger partial charge in [0, 0.05) is 73.2 Å². The predicted molar refractivity (Wildman–Crippen MR) is 145 cm³/mol. The molecule has 4 aromatic rings. The van der Waals surface area contributed by atoms with Gasteiger partial charge in [-0.2, -0.15) is 5.10 Å². The zero-order valence-electron chi connectivity index (χ0n) is 21.7. The summed E-state index contributed by atoms with van der Waals surface area (Å²) >= 11 is 0. The minimum absolute atomic E-state index is 0.295. The first-order valence-corrected chi connectivity index (χ1v) is 12.8. The number of benzene rings is 1. The van der Waals surface area contributed by atoms with E-state index in [9.17, 15) is 0 Å². The first-order chi connectivity index (χ1) is 17.4. The summed E-state index contributed by atoms with van der Waals surface area (Å²) < 4.78 is 1.94. The average molecular weight is 482 g/mol. The van der Waals surface area contributed by atoms with Crippen LogP contribution < -0.4 is 4.90 Å². The third kappa shape index (κ3) is 5.02. The van der Waals surface area contributed by atoms with Crippen LogP contribution in [0.5, 0.6) is 0 Å². The number of hydrogen-bond acceptors (Lipinski definition) is 6. The molecule has 7 nitrogen and oxygen atoms in total. The molecule has 1 aliphatic heterocycles. The van der Waals surface area contributed by atoms with Gasteiger partial charge in [0.15, 0.2) is 0 Å². The van der Waals surface area contributed by atoms with Crippen LogP contribution in [0.2, 0.25) is 0 Å². The highest BCUT2D eigenvalue weighted by Crippen LogP contribution is 2.31. The third-order valence-electron chi connectivity index (χ3n) is 7.59. The van der Waals surface area contributed by atoms with Crippen LogP contribution in [-0.4, -0.2) is 62.4 Å². The topological polar surface area (TPSA) is 63.0 Å². The lowest BCUT2D eigenvalue weighted by molar-refractivity contribution is 0.137. The molecule has 1 fully saturated rings. The van der Waals surface area contributed by atoms with Crippen molar-refractivity contribution in [1.29, 1.82) is 0 Å². The zero-order valence-corrected chi connectivity index (χ0v) is 21.7. The number of piperidine rings is 1. The SMILES string of the molecule is CCn1cc(-c2ccnc(Cc3ccc(N4CCC(C)(N(C)C)CC4)cc3)n2)c(-c2cccnc2)n1. The first kappa shape index (κ1) is 24.1. The maximum atomic E-state index is 4.92. The molecule has 1 saturated heterocycles. The second-order valence-electron chi connectivity index (χ2n) is 10.1. The van der Waals surface area contributed by atoms with Crippen LogP contribution in [0.4, 0.5) is 5.69 Å². The molecule has 36 heavy (non-hydrogen) atoms. The number of aryl methyl sites for hydroxylation is 1. The molecule has 1 aromatic carbocycles. The summed E-state index contributed by atoms with van der Waals surface area (Å²) in [6.07, 6.45) is 10.6. The van der Waals surface area contributed by atoms with Crippen molar-refractivity contribution in [2.75, 3.05) is 32.1 Å². The predicted octanol–water partition coefficient (Wildman–Crippen LogP) is 4.93. The van der Waals surface area contributed by atoms with Gasteiger partial charge in [-0.05, 0) is 76.7 Å². The monoisotopic (exact) mass is 481 g/mol. The summed E-state index contributed by atoms with van der Waals surface area (Å²) in [5, 5.41) is 4.77. The van der Waals surface area contributed by atoms with E-state index >= 15 is 0 Å². The molecule has 3 aromatic heterocycles. The summed E-state index contributed by atoms with van der Waals surface area (Å²) in [5.41, 5.74) is 6.56. The normalized spacial score (nSPS) is 15.4. The Morgan fingerprint density at radius 1 is 1.00 bits per heavy atom. The quantitative estimate of drug-likeness (QED) is 0.373. The van der Waals surface area contributed by atoms with Crippen molar-refractivity contribution < 1.29 is 0 Å². The zero-order chi connectivity index (χ0) is 25.1. The lowest BCUT2D eigenvalue weighted by atomic mass is 9.88. The molecule has 0 atom stereocenters. The molecule has 1 aliphatic rings. The Hall–Kier alpha value is -3.58. The highest BCUT2D eigenvalue weighted by Gasteiger charge is 2.31. The summed E-state index contributed by atoms with van der Waals surface area (Å²) in [6.45, 7) is 7.43. The molecular formula is C29H35N7. The summed E-state index contributed by atoms with van der Waals surface area (Å²) in [7, 11) is 4.38. The number of anilines is 1. The van der Waals surface area contributed by atoms with E-state index < -0.39 is 0 Å². The molecule has 0 saturated carbocycles. The second-order valence-corrected chi connectivity index (χ2v) is 10.1. The number of rotatable bonds is 7. The van der Waals surface area contributed by atoms with Crippen LogP contribution in [0.3, 0.4) is 0 Å². The number of hydrogen-bond donors (Lipinski definition) is 0. The van der Waals surface area contributed by atoms with Gasteiger partial charge in [0.2, 0.25) is 0 Å². The van der Waals surface area contributed by atoms with E-state index in [1.807, 2.05) is 35.3 Å². The lowest BCUT2D eigenvalue weighted by Crippen LogP contribution is -2.50. The Morgan fingerprint density at radius 3 is 2.44 bits per heavy atom. The van der Waals surface area contributed by atoms with E-state index in [1.165, 1.54) is 24.1 Å². The van der Waals surface area contributed by atoms with Gasteiger partial charge < -0.3 is 9.80 Å². The van der Waals surface area contributed by atoms with Gasteiger partial charge in [0.1, 0.15) is 11.5 Å². The molecular weight excluding hydrogens is 446 g/mol. The Labute approximate surface area is 213 Å². The first-order valence-electron chi connectivity index (χ1n) is 12.8. The molecule has 186 valence electrons. The Kier molecular flexibility index (Phi) is 6.83.